The highest BCUT2D eigenvalue weighted by Gasteiger charge is 2.17. The number of carbonyl (C=O) groups is 2. The van der Waals surface area contributed by atoms with Crippen molar-refractivity contribution in [3.8, 4) is 11.1 Å². The second-order valence-electron chi connectivity index (χ2n) is 5.80. The molecule has 3 aromatic rings. The van der Waals surface area contributed by atoms with Crippen molar-refractivity contribution < 1.29 is 9.59 Å². The van der Waals surface area contributed by atoms with Crippen LogP contribution in [-0.2, 0) is 9.59 Å². The SMILES string of the molecule is C=CC(=O)Nc1ccc(-c2cccc(C(C)C(=O)Nc3nccs3)c2)cn1. The van der Waals surface area contributed by atoms with Gasteiger partial charge >= 0.3 is 0 Å². The zero-order valence-electron chi connectivity index (χ0n) is 14.7. The van der Waals surface area contributed by atoms with Gasteiger partial charge in [-0.05, 0) is 36.3 Å². The Morgan fingerprint density at radius 2 is 2.00 bits per heavy atom. The van der Waals surface area contributed by atoms with Crippen LogP contribution >= 0.6 is 11.3 Å². The standard InChI is InChI=1S/C20H18N4O2S/c1-3-18(25)23-17-8-7-16(12-22-17)15-6-4-5-14(11-15)13(2)19(26)24-20-21-9-10-27-20/h3-13H,1H2,2H3,(H,21,24,26)(H,22,23,25). The molecule has 7 heteroatoms. The van der Waals surface area contributed by atoms with Crippen LogP contribution in [0.25, 0.3) is 11.1 Å². The predicted octanol–water partition coefficient (Wildman–Crippen LogP) is 4.07. The zero-order valence-corrected chi connectivity index (χ0v) is 15.5. The van der Waals surface area contributed by atoms with Gasteiger partial charge < -0.3 is 10.6 Å². The van der Waals surface area contributed by atoms with Gasteiger partial charge in [-0.1, -0.05) is 30.8 Å². The lowest BCUT2D eigenvalue weighted by molar-refractivity contribution is -0.117. The summed E-state index contributed by atoms with van der Waals surface area (Å²) in [7, 11) is 0. The molecule has 1 aromatic carbocycles. The summed E-state index contributed by atoms with van der Waals surface area (Å²) in [6, 6.07) is 11.3. The fourth-order valence-corrected chi connectivity index (χ4v) is 2.99. The lowest BCUT2D eigenvalue weighted by Crippen LogP contribution is -2.18. The molecule has 0 saturated heterocycles. The highest BCUT2D eigenvalue weighted by Crippen LogP contribution is 2.25. The van der Waals surface area contributed by atoms with E-state index in [1.54, 1.807) is 18.5 Å². The Morgan fingerprint density at radius 3 is 2.67 bits per heavy atom. The molecule has 0 saturated carbocycles. The first-order valence-corrected chi connectivity index (χ1v) is 9.15. The minimum atomic E-state index is -0.326. The molecule has 136 valence electrons. The number of pyridine rings is 1. The average Bonchev–Trinajstić information content (AvgIpc) is 3.21. The van der Waals surface area contributed by atoms with Gasteiger partial charge in [-0.2, -0.15) is 0 Å². The maximum atomic E-state index is 12.4. The number of rotatable bonds is 6. The molecule has 0 bridgehead atoms. The van der Waals surface area contributed by atoms with E-state index in [1.165, 1.54) is 17.4 Å². The molecule has 0 spiro atoms. The van der Waals surface area contributed by atoms with Gasteiger partial charge in [0.15, 0.2) is 5.13 Å². The van der Waals surface area contributed by atoms with E-state index in [2.05, 4.69) is 27.2 Å². The normalized spacial score (nSPS) is 11.4. The van der Waals surface area contributed by atoms with Gasteiger partial charge in [-0.25, -0.2) is 9.97 Å². The molecule has 1 atom stereocenters. The van der Waals surface area contributed by atoms with Crippen LogP contribution in [-0.4, -0.2) is 21.8 Å². The number of thiazole rings is 1. The largest absolute Gasteiger partial charge is 0.307 e. The highest BCUT2D eigenvalue weighted by atomic mass is 32.1. The topological polar surface area (TPSA) is 84.0 Å². The Labute approximate surface area is 161 Å². The van der Waals surface area contributed by atoms with Gasteiger partial charge in [0, 0.05) is 23.3 Å². The van der Waals surface area contributed by atoms with E-state index in [0.717, 1.165) is 16.7 Å². The Morgan fingerprint density at radius 1 is 1.15 bits per heavy atom. The summed E-state index contributed by atoms with van der Waals surface area (Å²) in [5, 5.41) is 7.83. The van der Waals surface area contributed by atoms with E-state index in [-0.39, 0.29) is 17.7 Å². The maximum Gasteiger partial charge on any atom is 0.248 e. The van der Waals surface area contributed by atoms with Gasteiger partial charge in [0.25, 0.3) is 0 Å². The smallest absolute Gasteiger partial charge is 0.248 e. The van der Waals surface area contributed by atoms with Crippen molar-refractivity contribution in [2.45, 2.75) is 12.8 Å². The first-order valence-electron chi connectivity index (χ1n) is 8.27. The molecule has 6 nitrogen and oxygen atoms in total. The molecule has 3 rings (SSSR count). The highest BCUT2D eigenvalue weighted by molar-refractivity contribution is 7.13. The summed E-state index contributed by atoms with van der Waals surface area (Å²) in [4.78, 5) is 32.1. The van der Waals surface area contributed by atoms with E-state index in [9.17, 15) is 9.59 Å². The molecule has 2 heterocycles. The van der Waals surface area contributed by atoms with Crippen molar-refractivity contribution in [1.82, 2.24) is 9.97 Å². The van der Waals surface area contributed by atoms with Crippen molar-refractivity contribution in [3.05, 3.63) is 72.4 Å². The molecule has 2 amide bonds. The molecule has 0 radical (unpaired) electrons. The van der Waals surface area contributed by atoms with Gasteiger partial charge in [0.1, 0.15) is 5.82 Å². The van der Waals surface area contributed by atoms with Crippen LogP contribution in [0.3, 0.4) is 0 Å². The van der Waals surface area contributed by atoms with Crippen molar-refractivity contribution in [2.24, 2.45) is 0 Å². The van der Waals surface area contributed by atoms with Crippen LogP contribution < -0.4 is 10.6 Å². The molecule has 0 aliphatic carbocycles. The first-order chi connectivity index (χ1) is 13.1. The number of hydrogen-bond acceptors (Lipinski definition) is 5. The third-order valence-corrected chi connectivity index (χ3v) is 4.66. The third kappa shape index (κ3) is 4.65. The van der Waals surface area contributed by atoms with Crippen molar-refractivity contribution in [1.29, 1.82) is 0 Å². The van der Waals surface area contributed by atoms with Crippen LogP contribution in [0.1, 0.15) is 18.4 Å². The maximum absolute atomic E-state index is 12.4. The molecular formula is C20H18N4O2S. The Kier molecular flexibility index (Phi) is 5.73. The summed E-state index contributed by atoms with van der Waals surface area (Å²) in [6.45, 7) is 5.27. The van der Waals surface area contributed by atoms with Crippen molar-refractivity contribution >= 4 is 34.1 Å². The van der Waals surface area contributed by atoms with Gasteiger partial charge in [-0.3, -0.25) is 9.59 Å². The van der Waals surface area contributed by atoms with Crippen LogP contribution in [0, 0.1) is 0 Å². The lowest BCUT2D eigenvalue weighted by atomic mass is 9.96. The van der Waals surface area contributed by atoms with Crippen LogP contribution in [0.4, 0.5) is 10.9 Å². The third-order valence-electron chi connectivity index (χ3n) is 3.98. The van der Waals surface area contributed by atoms with E-state index < -0.39 is 0 Å². The number of carbonyl (C=O) groups excluding carboxylic acids is 2. The van der Waals surface area contributed by atoms with Crippen molar-refractivity contribution in [2.75, 3.05) is 10.6 Å². The summed E-state index contributed by atoms with van der Waals surface area (Å²) in [5.74, 6) is -0.288. The Hall–Kier alpha value is -3.32. The van der Waals surface area contributed by atoms with Gasteiger partial charge in [0.05, 0.1) is 5.92 Å². The lowest BCUT2D eigenvalue weighted by Gasteiger charge is -2.13. The second-order valence-corrected chi connectivity index (χ2v) is 6.69. The minimum absolute atomic E-state index is 0.109. The molecule has 0 aliphatic rings. The van der Waals surface area contributed by atoms with Gasteiger partial charge in [-0.15, -0.1) is 11.3 Å². The number of hydrogen-bond donors (Lipinski definition) is 2. The number of benzene rings is 1. The first kappa shape index (κ1) is 18.5. The average molecular weight is 378 g/mol. The quantitative estimate of drug-likeness (QED) is 0.633. The van der Waals surface area contributed by atoms with E-state index in [4.69, 9.17) is 0 Å². The summed E-state index contributed by atoms with van der Waals surface area (Å²) in [5.41, 5.74) is 2.72. The number of anilines is 2. The molecule has 1 unspecified atom stereocenters. The molecule has 0 aliphatic heterocycles. The summed E-state index contributed by atoms with van der Waals surface area (Å²) >= 11 is 1.38. The number of nitrogens with zero attached hydrogens (tertiary/aromatic N) is 2. The minimum Gasteiger partial charge on any atom is -0.307 e. The Bertz CT molecular complexity index is 952. The van der Waals surface area contributed by atoms with Crippen LogP contribution in [0.5, 0.6) is 0 Å². The van der Waals surface area contributed by atoms with E-state index in [0.29, 0.717) is 10.9 Å². The summed E-state index contributed by atoms with van der Waals surface area (Å²) in [6.07, 6.45) is 4.52. The number of aromatic nitrogens is 2. The predicted molar refractivity (Wildman–Crippen MR) is 108 cm³/mol. The molecule has 27 heavy (non-hydrogen) atoms. The molecular weight excluding hydrogens is 360 g/mol. The van der Waals surface area contributed by atoms with Crippen LogP contribution in [0.15, 0.2) is 66.8 Å². The monoisotopic (exact) mass is 378 g/mol. The Balaban J connectivity index is 1.75. The zero-order chi connectivity index (χ0) is 19.2. The van der Waals surface area contributed by atoms with Crippen LogP contribution in [0.2, 0.25) is 0 Å². The molecule has 0 fully saturated rings. The second kappa shape index (κ2) is 8.37. The van der Waals surface area contributed by atoms with Crippen molar-refractivity contribution in [3.63, 3.8) is 0 Å². The fourth-order valence-electron chi connectivity index (χ4n) is 2.45. The fraction of sp³-hybridized carbons (Fsp3) is 0.100. The number of nitrogens with one attached hydrogen (secondary N) is 2. The summed E-state index contributed by atoms with van der Waals surface area (Å²) < 4.78 is 0. The van der Waals surface area contributed by atoms with Gasteiger partial charge in [0.2, 0.25) is 11.8 Å². The molecule has 2 N–H and O–H groups in total. The van der Waals surface area contributed by atoms with E-state index >= 15 is 0 Å². The number of amides is 2. The molecule has 2 aromatic heterocycles. The van der Waals surface area contributed by atoms with E-state index in [1.807, 2.05) is 42.6 Å².